The van der Waals surface area contributed by atoms with Crippen LogP contribution in [0.5, 0.6) is 0 Å². The number of furan rings is 1. The first-order chi connectivity index (χ1) is 10.2. The summed E-state index contributed by atoms with van der Waals surface area (Å²) in [4.78, 5) is 11.9. The Kier molecular flexibility index (Phi) is 5.09. The summed E-state index contributed by atoms with van der Waals surface area (Å²) in [6.07, 6.45) is 0.143. The molecule has 2 heterocycles. The standard InChI is InChI=1S/C15H22BBrO5/c1-6-19-13(18)9-10(11-7-8-12(17)20-11)16-21-14(2,3)15(4,5)22-16/h7-8,10H,6,9H2,1-5H3. The first-order valence-electron chi connectivity index (χ1n) is 7.43. The largest absolute Gasteiger partial charge is 0.469 e. The molecule has 0 N–H and O–H groups in total. The molecule has 1 aromatic rings. The molecule has 0 aliphatic carbocycles. The van der Waals surface area contributed by atoms with E-state index in [4.69, 9.17) is 18.5 Å². The van der Waals surface area contributed by atoms with Gasteiger partial charge in [0.25, 0.3) is 0 Å². The molecule has 22 heavy (non-hydrogen) atoms. The molecular formula is C15H22BBrO5. The highest BCUT2D eigenvalue weighted by Gasteiger charge is 2.55. The van der Waals surface area contributed by atoms with E-state index in [2.05, 4.69) is 15.9 Å². The van der Waals surface area contributed by atoms with E-state index in [1.807, 2.05) is 33.8 Å². The van der Waals surface area contributed by atoms with Gasteiger partial charge >= 0.3 is 13.1 Å². The lowest BCUT2D eigenvalue weighted by atomic mass is 9.68. The fourth-order valence-electron chi connectivity index (χ4n) is 2.31. The van der Waals surface area contributed by atoms with Crippen molar-refractivity contribution in [2.24, 2.45) is 0 Å². The molecular weight excluding hydrogens is 351 g/mol. The minimum atomic E-state index is -0.563. The normalized spacial score (nSPS) is 20.9. The number of esters is 1. The molecule has 1 fully saturated rings. The van der Waals surface area contributed by atoms with Crippen LogP contribution in [0.2, 0.25) is 0 Å². The zero-order valence-corrected chi connectivity index (χ0v) is 15.2. The molecule has 0 aromatic carbocycles. The van der Waals surface area contributed by atoms with Crippen LogP contribution in [-0.4, -0.2) is 30.9 Å². The highest BCUT2D eigenvalue weighted by atomic mass is 79.9. The van der Waals surface area contributed by atoms with Gasteiger partial charge in [-0.1, -0.05) is 0 Å². The van der Waals surface area contributed by atoms with Gasteiger partial charge in [-0.25, -0.2) is 0 Å². The minimum Gasteiger partial charge on any atom is -0.466 e. The number of halogens is 1. The summed E-state index contributed by atoms with van der Waals surface area (Å²) < 4.78 is 23.4. The van der Waals surface area contributed by atoms with Gasteiger partial charge in [0, 0.05) is 0 Å². The van der Waals surface area contributed by atoms with E-state index in [-0.39, 0.29) is 18.2 Å². The van der Waals surface area contributed by atoms with Gasteiger partial charge in [-0.05, 0) is 62.7 Å². The van der Waals surface area contributed by atoms with Crippen LogP contribution in [0.1, 0.15) is 52.6 Å². The average Bonchev–Trinajstić information content (AvgIpc) is 2.89. The maximum Gasteiger partial charge on any atom is 0.469 e. The minimum absolute atomic E-state index is 0.143. The van der Waals surface area contributed by atoms with Crippen molar-refractivity contribution in [1.82, 2.24) is 0 Å². The molecule has 1 aromatic heterocycles. The third kappa shape index (κ3) is 3.58. The predicted octanol–water partition coefficient (Wildman–Crippen LogP) is 3.71. The summed E-state index contributed by atoms with van der Waals surface area (Å²) in [5.74, 6) is -0.0143. The first-order valence-corrected chi connectivity index (χ1v) is 8.22. The number of hydrogen-bond acceptors (Lipinski definition) is 5. The van der Waals surface area contributed by atoms with Crippen LogP contribution in [-0.2, 0) is 18.8 Å². The van der Waals surface area contributed by atoms with Crippen LogP contribution >= 0.6 is 15.9 Å². The molecule has 1 aliphatic rings. The topological polar surface area (TPSA) is 57.9 Å². The quantitative estimate of drug-likeness (QED) is 0.582. The molecule has 0 spiro atoms. The van der Waals surface area contributed by atoms with Crippen LogP contribution in [0.3, 0.4) is 0 Å². The molecule has 0 saturated carbocycles. The summed E-state index contributed by atoms with van der Waals surface area (Å²) >= 11 is 3.29. The van der Waals surface area contributed by atoms with Crippen molar-refractivity contribution in [3.05, 3.63) is 22.6 Å². The Morgan fingerprint density at radius 2 is 1.86 bits per heavy atom. The Morgan fingerprint density at radius 3 is 2.32 bits per heavy atom. The van der Waals surface area contributed by atoms with E-state index < -0.39 is 18.3 Å². The van der Waals surface area contributed by atoms with Gasteiger partial charge in [-0.2, -0.15) is 0 Å². The first kappa shape index (κ1) is 17.6. The average molecular weight is 373 g/mol. The van der Waals surface area contributed by atoms with Crippen LogP contribution in [0, 0.1) is 0 Å². The van der Waals surface area contributed by atoms with Crippen molar-refractivity contribution in [2.75, 3.05) is 6.61 Å². The van der Waals surface area contributed by atoms with Gasteiger partial charge in [0.2, 0.25) is 0 Å². The third-order valence-electron chi connectivity index (χ3n) is 4.25. The van der Waals surface area contributed by atoms with Gasteiger partial charge in [0.05, 0.1) is 30.0 Å². The Labute approximate surface area is 139 Å². The van der Waals surface area contributed by atoms with Crippen molar-refractivity contribution in [1.29, 1.82) is 0 Å². The fourth-order valence-corrected chi connectivity index (χ4v) is 2.63. The Bertz CT molecular complexity index is 524. The molecule has 0 amide bonds. The SMILES string of the molecule is CCOC(=O)CC(B1OC(C)(C)C(C)(C)O1)c1ccc(Br)o1. The maximum atomic E-state index is 11.9. The summed E-state index contributed by atoms with van der Waals surface area (Å²) in [7, 11) is -0.563. The van der Waals surface area contributed by atoms with Gasteiger partial charge in [-0.15, -0.1) is 0 Å². The molecule has 2 rings (SSSR count). The number of hydrogen-bond donors (Lipinski definition) is 0. The third-order valence-corrected chi connectivity index (χ3v) is 4.68. The lowest BCUT2D eigenvalue weighted by molar-refractivity contribution is -0.143. The van der Waals surface area contributed by atoms with Crippen molar-refractivity contribution in [3.63, 3.8) is 0 Å². The zero-order valence-electron chi connectivity index (χ0n) is 13.6. The van der Waals surface area contributed by atoms with Gasteiger partial charge in [-0.3, -0.25) is 4.79 Å². The highest BCUT2D eigenvalue weighted by molar-refractivity contribution is 9.10. The maximum absolute atomic E-state index is 11.9. The van der Waals surface area contributed by atoms with Gasteiger partial charge in [0.1, 0.15) is 5.76 Å². The second-order valence-electron chi connectivity index (χ2n) is 6.38. The molecule has 122 valence electrons. The van der Waals surface area contributed by atoms with E-state index in [0.29, 0.717) is 17.0 Å². The molecule has 0 bridgehead atoms. The summed E-state index contributed by atoms with van der Waals surface area (Å²) in [5.41, 5.74) is -0.928. The summed E-state index contributed by atoms with van der Waals surface area (Å²) in [5, 5.41) is 0. The van der Waals surface area contributed by atoms with Gasteiger partial charge < -0.3 is 18.5 Å². The van der Waals surface area contributed by atoms with E-state index in [1.54, 1.807) is 13.0 Å². The van der Waals surface area contributed by atoms with Crippen LogP contribution in [0.15, 0.2) is 21.2 Å². The van der Waals surface area contributed by atoms with Crippen LogP contribution < -0.4 is 0 Å². The predicted molar refractivity (Wildman–Crippen MR) is 86.5 cm³/mol. The van der Waals surface area contributed by atoms with E-state index in [0.717, 1.165) is 0 Å². The number of carbonyl (C=O) groups is 1. The molecule has 1 saturated heterocycles. The van der Waals surface area contributed by atoms with Crippen molar-refractivity contribution < 1.29 is 23.3 Å². The second-order valence-corrected chi connectivity index (χ2v) is 7.16. The Balaban J connectivity index is 2.24. The van der Waals surface area contributed by atoms with Crippen molar-refractivity contribution in [2.45, 2.75) is 58.1 Å². The van der Waals surface area contributed by atoms with E-state index in [9.17, 15) is 4.79 Å². The van der Waals surface area contributed by atoms with Crippen LogP contribution in [0.4, 0.5) is 0 Å². The molecule has 5 nitrogen and oxygen atoms in total. The Hall–Kier alpha value is -0.785. The lowest BCUT2D eigenvalue weighted by Gasteiger charge is -2.32. The smallest absolute Gasteiger partial charge is 0.466 e. The summed E-state index contributed by atoms with van der Waals surface area (Å²) in [6, 6.07) is 3.61. The van der Waals surface area contributed by atoms with Gasteiger partial charge in [0.15, 0.2) is 4.67 Å². The van der Waals surface area contributed by atoms with Crippen molar-refractivity contribution in [3.8, 4) is 0 Å². The van der Waals surface area contributed by atoms with Crippen molar-refractivity contribution >= 4 is 29.0 Å². The highest BCUT2D eigenvalue weighted by Crippen LogP contribution is 2.42. The summed E-state index contributed by atoms with van der Waals surface area (Å²) in [6.45, 7) is 10.0. The number of ether oxygens (including phenoxy) is 1. The molecule has 1 unspecified atom stereocenters. The lowest BCUT2D eigenvalue weighted by Crippen LogP contribution is -2.41. The Morgan fingerprint density at radius 1 is 1.27 bits per heavy atom. The zero-order chi connectivity index (χ0) is 16.5. The molecule has 1 aliphatic heterocycles. The van der Waals surface area contributed by atoms with E-state index in [1.165, 1.54) is 0 Å². The second kappa shape index (κ2) is 6.38. The molecule has 7 heteroatoms. The molecule has 1 atom stereocenters. The number of carbonyl (C=O) groups excluding carboxylic acids is 1. The number of rotatable bonds is 5. The molecule has 0 radical (unpaired) electrons. The fraction of sp³-hybridized carbons (Fsp3) is 0.667. The van der Waals surface area contributed by atoms with Crippen LogP contribution in [0.25, 0.3) is 0 Å². The monoisotopic (exact) mass is 372 g/mol. The van der Waals surface area contributed by atoms with E-state index >= 15 is 0 Å².